The molecule has 8 nitrogen and oxygen atoms in total. The zero-order valence-corrected chi connectivity index (χ0v) is 19.2. The van der Waals surface area contributed by atoms with Gasteiger partial charge in [0.25, 0.3) is 5.69 Å². The molecule has 1 N–H and O–H groups in total. The number of hydrogen-bond donors (Lipinski definition) is 1. The summed E-state index contributed by atoms with van der Waals surface area (Å²) < 4.78 is 27.9. The van der Waals surface area contributed by atoms with Crippen LogP contribution in [0.4, 0.5) is 11.4 Å². The van der Waals surface area contributed by atoms with Crippen LogP contribution in [0.3, 0.4) is 0 Å². The number of sulfonamides is 1. The molecule has 0 saturated carbocycles. The monoisotopic (exact) mass is 466 g/mol. The molecular weight excluding hydrogens is 440 g/mol. The summed E-state index contributed by atoms with van der Waals surface area (Å²) in [4.78, 5) is 14.8. The van der Waals surface area contributed by atoms with Crippen molar-refractivity contribution in [2.24, 2.45) is 0 Å². The average molecular weight is 467 g/mol. The van der Waals surface area contributed by atoms with Gasteiger partial charge in [0.05, 0.1) is 4.92 Å². The molecule has 1 heterocycles. The van der Waals surface area contributed by atoms with E-state index in [2.05, 4.69) is 45.7 Å². The fraction of sp³-hybridized carbons (Fsp3) is 0.429. The van der Waals surface area contributed by atoms with Gasteiger partial charge in [-0.05, 0) is 56.6 Å². The quantitative estimate of drug-likeness (QED) is 0.473. The average Bonchev–Trinajstić information content (AvgIpc) is 2.72. The number of piperazine rings is 1. The van der Waals surface area contributed by atoms with Crippen molar-refractivity contribution < 1.29 is 13.3 Å². The van der Waals surface area contributed by atoms with E-state index in [-0.39, 0.29) is 16.0 Å². The first kappa shape index (κ1) is 23.5. The molecule has 1 fully saturated rings. The van der Waals surface area contributed by atoms with Gasteiger partial charge in [-0.15, -0.1) is 0 Å². The van der Waals surface area contributed by atoms with Crippen LogP contribution in [0.1, 0.15) is 18.9 Å². The van der Waals surface area contributed by atoms with Gasteiger partial charge in [-0.1, -0.05) is 23.7 Å². The Morgan fingerprint density at radius 1 is 1.16 bits per heavy atom. The third kappa shape index (κ3) is 6.16. The number of anilines is 1. The number of rotatable bonds is 8. The summed E-state index contributed by atoms with van der Waals surface area (Å²) in [5, 5.41) is 11.3. The summed E-state index contributed by atoms with van der Waals surface area (Å²) >= 11 is 5.78. The van der Waals surface area contributed by atoms with E-state index in [1.807, 2.05) is 0 Å². The number of halogens is 1. The number of nitro groups is 1. The van der Waals surface area contributed by atoms with E-state index in [9.17, 15) is 18.5 Å². The van der Waals surface area contributed by atoms with Gasteiger partial charge in [-0.3, -0.25) is 15.0 Å². The van der Waals surface area contributed by atoms with Crippen LogP contribution in [0.5, 0.6) is 0 Å². The number of benzene rings is 2. The van der Waals surface area contributed by atoms with Crippen molar-refractivity contribution in [2.45, 2.75) is 31.2 Å². The third-order valence-electron chi connectivity index (χ3n) is 5.38. The molecule has 3 rings (SSSR count). The van der Waals surface area contributed by atoms with Gasteiger partial charge in [0.15, 0.2) is 4.90 Å². The lowest BCUT2D eigenvalue weighted by Crippen LogP contribution is -2.47. The van der Waals surface area contributed by atoms with Crippen molar-refractivity contribution in [1.29, 1.82) is 0 Å². The van der Waals surface area contributed by atoms with Crippen molar-refractivity contribution in [3.8, 4) is 0 Å². The van der Waals surface area contributed by atoms with E-state index < -0.39 is 20.6 Å². The highest BCUT2D eigenvalue weighted by atomic mass is 35.5. The second kappa shape index (κ2) is 9.95. The Morgan fingerprint density at radius 3 is 2.52 bits per heavy atom. The minimum absolute atomic E-state index is 0.114. The number of hydrogen-bond acceptors (Lipinski definition) is 6. The zero-order chi connectivity index (χ0) is 22.6. The lowest BCUT2D eigenvalue weighted by Gasteiger charge is -2.36. The van der Waals surface area contributed by atoms with Crippen LogP contribution in [-0.2, 0) is 10.0 Å². The van der Waals surface area contributed by atoms with Gasteiger partial charge >= 0.3 is 0 Å². The predicted octanol–water partition coefficient (Wildman–Crippen LogP) is 3.44. The van der Waals surface area contributed by atoms with E-state index in [4.69, 9.17) is 11.6 Å². The number of aryl methyl sites for hydroxylation is 1. The molecule has 10 heteroatoms. The first-order chi connectivity index (χ1) is 14.7. The highest BCUT2D eigenvalue weighted by Gasteiger charge is 2.27. The SMILES string of the molecule is Cc1cccc(N2CCN(CCC(C)NS(=O)(=O)c3ccc(Cl)cc3[N+](=O)[O-])CC2)c1. The van der Waals surface area contributed by atoms with Crippen molar-refractivity contribution >= 4 is 33.0 Å². The number of nitro benzene ring substituents is 1. The molecule has 2 aromatic carbocycles. The summed E-state index contributed by atoms with van der Waals surface area (Å²) in [5.74, 6) is 0. The lowest BCUT2D eigenvalue weighted by atomic mass is 10.2. The van der Waals surface area contributed by atoms with Crippen molar-refractivity contribution in [1.82, 2.24) is 9.62 Å². The Morgan fingerprint density at radius 2 is 1.87 bits per heavy atom. The molecule has 31 heavy (non-hydrogen) atoms. The molecule has 0 spiro atoms. The second-order valence-corrected chi connectivity index (χ2v) is 9.97. The fourth-order valence-corrected chi connectivity index (χ4v) is 5.28. The van der Waals surface area contributed by atoms with Gasteiger partial charge in [-0.2, -0.15) is 0 Å². The van der Waals surface area contributed by atoms with E-state index in [1.54, 1.807) is 6.92 Å². The molecule has 1 aliphatic rings. The Hall–Kier alpha value is -2.20. The molecule has 0 bridgehead atoms. The third-order valence-corrected chi connectivity index (χ3v) is 7.25. The molecule has 1 saturated heterocycles. The molecule has 2 aromatic rings. The summed E-state index contributed by atoms with van der Waals surface area (Å²) in [6.07, 6.45) is 0.602. The van der Waals surface area contributed by atoms with Crippen LogP contribution < -0.4 is 9.62 Å². The molecule has 1 unspecified atom stereocenters. The smallest absolute Gasteiger partial charge is 0.290 e. The lowest BCUT2D eigenvalue weighted by molar-refractivity contribution is -0.387. The van der Waals surface area contributed by atoms with E-state index in [0.717, 1.165) is 38.8 Å². The molecule has 0 aliphatic carbocycles. The van der Waals surface area contributed by atoms with Crippen LogP contribution in [0.15, 0.2) is 47.4 Å². The Labute approximate surface area is 188 Å². The van der Waals surface area contributed by atoms with E-state index in [0.29, 0.717) is 6.42 Å². The summed E-state index contributed by atoms with van der Waals surface area (Å²) in [7, 11) is -4.03. The zero-order valence-electron chi connectivity index (χ0n) is 17.6. The van der Waals surface area contributed by atoms with Crippen LogP contribution >= 0.6 is 11.6 Å². The van der Waals surface area contributed by atoms with Crippen LogP contribution in [0.25, 0.3) is 0 Å². The minimum Gasteiger partial charge on any atom is -0.369 e. The maximum Gasteiger partial charge on any atom is 0.290 e. The highest BCUT2D eigenvalue weighted by molar-refractivity contribution is 7.89. The van der Waals surface area contributed by atoms with Gasteiger partial charge in [0.1, 0.15) is 0 Å². The summed E-state index contributed by atoms with van der Waals surface area (Å²) in [6, 6.07) is 11.6. The summed E-state index contributed by atoms with van der Waals surface area (Å²) in [6.45, 7) is 8.23. The Bertz CT molecular complexity index is 1040. The largest absolute Gasteiger partial charge is 0.369 e. The van der Waals surface area contributed by atoms with E-state index >= 15 is 0 Å². The first-order valence-corrected chi connectivity index (χ1v) is 12.0. The highest BCUT2D eigenvalue weighted by Crippen LogP contribution is 2.27. The van der Waals surface area contributed by atoms with Gasteiger partial charge in [-0.25, -0.2) is 13.1 Å². The maximum absolute atomic E-state index is 12.7. The van der Waals surface area contributed by atoms with Crippen molar-refractivity contribution in [3.63, 3.8) is 0 Å². The maximum atomic E-state index is 12.7. The van der Waals surface area contributed by atoms with Gasteiger partial charge in [0.2, 0.25) is 10.0 Å². The second-order valence-electron chi connectivity index (χ2n) is 7.85. The molecule has 1 aliphatic heterocycles. The van der Waals surface area contributed by atoms with Gasteiger partial charge < -0.3 is 4.90 Å². The van der Waals surface area contributed by atoms with Crippen molar-refractivity contribution in [2.75, 3.05) is 37.6 Å². The molecule has 0 radical (unpaired) electrons. The van der Waals surface area contributed by atoms with Crippen LogP contribution in [0.2, 0.25) is 5.02 Å². The predicted molar refractivity (Wildman–Crippen MR) is 122 cm³/mol. The van der Waals surface area contributed by atoms with Crippen LogP contribution in [0, 0.1) is 17.0 Å². The normalized spacial score (nSPS) is 16.3. The Kier molecular flexibility index (Phi) is 7.53. The molecule has 0 aromatic heterocycles. The topological polar surface area (TPSA) is 95.8 Å². The van der Waals surface area contributed by atoms with Gasteiger partial charge in [0, 0.05) is 49.0 Å². The fourth-order valence-electron chi connectivity index (χ4n) is 3.68. The Balaban J connectivity index is 1.53. The van der Waals surface area contributed by atoms with Crippen molar-refractivity contribution in [3.05, 3.63) is 63.2 Å². The van der Waals surface area contributed by atoms with Crippen LogP contribution in [-0.4, -0.2) is 57.0 Å². The number of nitrogens with zero attached hydrogens (tertiary/aromatic N) is 3. The number of nitrogens with one attached hydrogen (secondary N) is 1. The standard InChI is InChI=1S/C21H27ClN4O4S/c1-16-4-3-5-19(14-16)25-12-10-24(11-13-25)9-8-17(2)23-31(29,30)21-7-6-18(22)15-20(21)26(27)28/h3-7,14-15,17,23H,8-13H2,1-2H3. The van der Waals surface area contributed by atoms with E-state index in [1.165, 1.54) is 23.4 Å². The summed E-state index contributed by atoms with van der Waals surface area (Å²) in [5.41, 5.74) is 1.94. The molecular formula is C21H27ClN4O4S. The minimum atomic E-state index is -4.03. The molecule has 168 valence electrons. The molecule has 0 amide bonds. The first-order valence-electron chi connectivity index (χ1n) is 10.2. The molecule has 1 atom stereocenters.